The van der Waals surface area contributed by atoms with Crippen LogP contribution in [-0.4, -0.2) is 39.4 Å². The molecule has 3 aromatic heterocycles. The Morgan fingerprint density at radius 1 is 1.13 bits per heavy atom. The minimum Gasteiger partial charge on any atom is -0.370 e. The van der Waals surface area contributed by atoms with Gasteiger partial charge in [-0.05, 0) is 48.9 Å². The lowest BCUT2D eigenvalue weighted by Crippen LogP contribution is -2.38. The van der Waals surface area contributed by atoms with E-state index in [9.17, 15) is 4.39 Å². The molecule has 1 fully saturated rings. The highest BCUT2D eigenvalue weighted by Gasteiger charge is 2.25. The number of aromatic nitrogens is 4. The lowest BCUT2D eigenvalue weighted by Gasteiger charge is -2.33. The maximum Gasteiger partial charge on any atom is 0.162 e. The van der Waals surface area contributed by atoms with Crippen LogP contribution in [0.3, 0.4) is 0 Å². The minimum atomic E-state index is -0.373. The first-order chi connectivity index (χ1) is 15.0. The smallest absolute Gasteiger partial charge is 0.162 e. The Kier molecular flexibility index (Phi) is 5.08. The van der Waals surface area contributed by atoms with E-state index in [-0.39, 0.29) is 11.9 Å². The molecule has 1 atom stereocenters. The summed E-state index contributed by atoms with van der Waals surface area (Å²) in [5.74, 6) is 0.369. The van der Waals surface area contributed by atoms with Gasteiger partial charge in [0.2, 0.25) is 0 Å². The van der Waals surface area contributed by atoms with Gasteiger partial charge in [-0.25, -0.2) is 14.4 Å². The topological polar surface area (TPSA) is 56.1 Å². The molecule has 4 heterocycles. The Morgan fingerprint density at radius 3 is 2.77 bits per heavy atom. The number of nitrogens with zero attached hydrogens (tertiary/aromatic N) is 5. The highest BCUT2D eigenvalue weighted by molar-refractivity contribution is 6.30. The number of hydrogen-bond acceptors (Lipinski definition) is 5. The molecule has 5 rings (SSSR count). The molecule has 0 bridgehead atoms. The van der Waals surface area contributed by atoms with Crippen molar-refractivity contribution in [1.29, 1.82) is 0 Å². The van der Waals surface area contributed by atoms with Crippen molar-refractivity contribution in [3.05, 3.63) is 70.9 Å². The van der Waals surface area contributed by atoms with E-state index in [1.54, 1.807) is 16.8 Å². The average Bonchev–Trinajstić information content (AvgIpc) is 3.19. The Bertz CT molecular complexity index is 1270. The summed E-state index contributed by atoms with van der Waals surface area (Å²) < 4.78 is 22.6. The maximum atomic E-state index is 14.8. The molecule has 0 spiro atoms. The summed E-state index contributed by atoms with van der Waals surface area (Å²) >= 11 is 5.98. The number of morpholine rings is 1. The van der Waals surface area contributed by atoms with Crippen LogP contribution in [0.2, 0.25) is 5.02 Å². The van der Waals surface area contributed by atoms with Crippen molar-refractivity contribution in [3.8, 4) is 11.1 Å². The lowest BCUT2D eigenvalue weighted by molar-refractivity contribution is 0.0395. The second kappa shape index (κ2) is 7.90. The van der Waals surface area contributed by atoms with Crippen molar-refractivity contribution in [3.63, 3.8) is 0 Å². The van der Waals surface area contributed by atoms with E-state index in [4.69, 9.17) is 21.3 Å². The molecule has 31 heavy (non-hydrogen) atoms. The first-order valence-electron chi connectivity index (χ1n) is 10.1. The molecule has 0 radical (unpaired) electrons. The van der Waals surface area contributed by atoms with E-state index in [1.807, 2.05) is 44.6 Å². The van der Waals surface area contributed by atoms with Crippen molar-refractivity contribution < 1.29 is 9.13 Å². The minimum absolute atomic E-state index is 0.110. The summed E-state index contributed by atoms with van der Waals surface area (Å²) in [5.41, 5.74) is 3.68. The number of halogens is 2. The standard InChI is InChI=1S/C23H21ClFN5O/c1-14-3-5-18-19(17-6-4-16(24)9-20(17)25)10-22(28-23(18)27-14)30-7-8-31-21(13-30)15-11-26-29(2)12-15/h3-6,9-12,21H,7-8,13H2,1-2H3/t21-/m0/s1. The first-order valence-corrected chi connectivity index (χ1v) is 10.4. The van der Waals surface area contributed by atoms with E-state index >= 15 is 0 Å². The molecule has 6 nitrogen and oxygen atoms in total. The van der Waals surface area contributed by atoms with Crippen molar-refractivity contribution in [2.24, 2.45) is 7.05 Å². The van der Waals surface area contributed by atoms with Crippen molar-refractivity contribution in [1.82, 2.24) is 19.7 Å². The van der Waals surface area contributed by atoms with E-state index in [1.165, 1.54) is 6.07 Å². The molecule has 0 unspecified atom stereocenters. The van der Waals surface area contributed by atoms with Gasteiger partial charge in [0.05, 0.1) is 12.8 Å². The van der Waals surface area contributed by atoms with Crippen LogP contribution in [0.25, 0.3) is 22.2 Å². The first kappa shape index (κ1) is 19.9. The number of fused-ring (bicyclic) bond motifs is 1. The number of pyridine rings is 2. The highest BCUT2D eigenvalue weighted by Crippen LogP contribution is 2.35. The molecule has 8 heteroatoms. The fraction of sp³-hybridized carbons (Fsp3) is 0.261. The van der Waals surface area contributed by atoms with E-state index < -0.39 is 0 Å². The summed E-state index contributed by atoms with van der Waals surface area (Å²) in [4.78, 5) is 11.6. The molecule has 0 saturated carbocycles. The van der Waals surface area contributed by atoms with Crippen LogP contribution >= 0.6 is 11.6 Å². The number of rotatable bonds is 3. The Labute approximate surface area is 184 Å². The van der Waals surface area contributed by atoms with Gasteiger partial charge in [0.25, 0.3) is 0 Å². The normalized spacial score (nSPS) is 16.8. The quantitative estimate of drug-likeness (QED) is 0.464. The molecule has 158 valence electrons. The molecule has 1 aliphatic rings. The molecular formula is C23H21ClFN5O. The second-order valence-electron chi connectivity index (χ2n) is 7.73. The van der Waals surface area contributed by atoms with Gasteiger partial charge in [0.1, 0.15) is 17.7 Å². The Balaban J connectivity index is 1.60. The number of hydrogen-bond donors (Lipinski definition) is 0. The van der Waals surface area contributed by atoms with Crippen LogP contribution in [0.5, 0.6) is 0 Å². The van der Waals surface area contributed by atoms with E-state index in [0.717, 1.165) is 28.0 Å². The fourth-order valence-corrected chi connectivity index (χ4v) is 4.10. The third-order valence-corrected chi connectivity index (χ3v) is 5.74. The van der Waals surface area contributed by atoms with Crippen molar-refractivity contribution in [2.75, 3.05) is 24.6 Å². The average molecular weight is 438 g/mol. The number of aryl methyl sites for hydroxylation is 2. The fourth-order valence-electron chi connectivity index (χ4n) is 3.94. The third-order valence-electron chi connectivity index (χ3n) is 5.51. The summed E-state index contributed by atoms with van der Waals surface area (Å²) in [6, 6.07) is 10.5. The van der Waals surface area contributed by atoms with Gasteiger partial charge >= 0.3 is 0 Å². The molecule has 4 aromatic rings. The van der Waals surface area contributed by atoms with Gasteiger partial charge in [-0.3, -0.25) is 4.68 Å². The monoisotopic (exact) mass is 437 g/mol. The van der Waals surface area contributed by atoms with Crippen molar-refractivity contribution in [2.45, 2.75) is 13.0 Å². The summed E-state index contributed by atoms with van der Waals surface area (Å²) in [5, 5.41) is 5.41. The summed E-state index contributed by atoms with van der Waals surface area (Å²) in [7, 11) is 1.88. The molecular weight excluding hydrogens is 417 g/mol. The Morgan fingerprint density at radius 2 is 2.00 bits per heavy atom. The number of benzene rings is 1. The molecule has 1 aliphatic heterocycles. The summed E-state index contributed by atoms with van der Waals surface area (Å²) in [6.45, 7) is 3.79. The zero-order valence-electron chi connectivity index (χ0n) is 17.2. The molecule has 1 saturated heterocycles. The van der Waals surface area contributed by atoms with Crippen LogP contribution in [0.15, 0.2) is 48.8 Å². The SMILES string of the molecule is Cc1ccc2c(-c3ccc(Cl)cc3F)cc(N3CCO[C@H](c4cnn(C)c4)C3)nc2n1. The van der Waals surface area contributed by atoms with Gasteiger partial charge in [0.15, 0.2) is 5.65 Å². The second-order valence-corrected chi connectivity index (χ2v) is 8.17. The molecule has 1 aromatic carbocycles. The van der Waals surface area contributed by atoms with Gasteiger partial charge in [-0.15, -0.1) is 0 Å². The van der Waals surface area contributed by atoms with Gasteiger partial charge in [0, 0.05) is 53.6 Å². The van der Waals surface area contributed by atoms with E-state index in [0.29, 0.717) is 35.9 Å². The number of anilines is 1. The lowest BCUT2D eigenvalue weighted by atomic mass is 10.0. The van der Waals surface area contributed by atoms with Crippen LogP contribution in [0.1, 0.15) is 17.4 Å². The zero-order valence-corrected chi connectivity index (χ0v) is 18.0. The summed E-state index contributed by atoms with van der Waals surface area (Å²) in [6.07, 6.45) is 3.67. The zero-order chi connectivity index (χ0) is 21.5. The van der Waals surface area contributed by atoms with Crippen LogP contribution in [0.4, 0.5) is 10.2 Å². The predicted molar refractivity (Wildman–Crippen MR) is 119 cm³/mol. The van der Waals surface area contributed by atoms with Crippen molar-refractivity contribution >= 4 is 28.5 Å². The maximum absolute atomic E-state index is 14.8. The van der Waals surface area contributed by atoms with Crippen LogP contribution in [0, 0.1) is 12.7 Å². The molecule has 0 aliphatic carbocycles. The molecule has 0 N–H and O–H groups in total. The van der Waals surface area contributed by atoms with Gasteiger partial charge in [-0.2, -0.15) is 5.10 Å². The van der Waals surface area contributed by atoms with E-state index in [2.05, 4.69) is 15.0 Å². The van der Waals surface area contributed by atoms with Gasteiger partial charge < -0.3 is 9.64 Å². The number of ether oxygens (including phenoxy) is 1. The third kappa shape index (κ3) is 3.86. The molecule has 0 amide bonds. The highest BCUT2D eigenvalue weighted by atomic mass is 35.5. The van der Waals surface area contributed by atoms with Gasteiger partial charge in [-0.1, -0.05) is 11.6 Å². The predicted octanol–water partition coefficient (Wildman–Crippen LogP) is 4.71. The van der Waals surface area contributed by atoms with Crippen LogP contribution < -0.4 is 4.90 Å². The largest absolute Gasteiger partial charge is 0.370 e. The van der Waals surface area contributed by atoms with Crippen LogP contribution in [-0.2, 0) is 11.8 Å². The Hall–Kier alpha value is -3.03.